The van der Waals surface area contributed by atoms with Crippen LogP contribution in [0.15, 0.2) is 41.3 Å². The van der Waals surface area contributed by atoms with Gasteiger partial charge >= 0.3 is 0 Å². The summed E-state index contributed by atoms with van der Waals surface area (Å²) in [5.74, 6) is 1.52. The van der Waals surface area contributed by atoms with Crippen molar-refractivity contribution in [2.45, 2.75) is 18.9 Å². The van der Waals surface area contributed by atoms with Crippen molar-refractivity contribution in [2.75, 3.05) is 13.1 Å². The summed E-state index contributed by atoms with van der Waals surface area (Å²) in [6.45, 7) is 1.55. The molecule has 1 aliphatic carbocycles. The SMILES string of the molecule is O=C(c1cc2cnccc2s1)N1C[C@@H]2CC[C@@H](Oc3ccc(Br)nn3)[C@@H]2C1. The van der Waals surface area contributed by atoms with Gasteiger partial charge in [0.1, 0.15) is 10.7 Å². The number of fused-ring (bicyclic) bond motifs is 2. The minimum Gasteiger partial charge on any atom is -0.473 e. The van der Waals surface area contributed by atoms with Crippen LogP contribution in [0.3, 0.4) is 0 Å². The van der Waals surface area contributed by atoms with Crippen LogP contribution in [0.25, 0.3) is 10.1 Å². The predicted molar refractivity (Wildman–Crippen MR) is 106 cm³/mol. The Labute approximate surface area is 168 Å². The molecule has 6 nitrogen and oxygen atoms in total. The van der Waals surface area contributed by atoms with Crippen molar-refractivity contribution in [1.82, 2.24) is 20.1 Å². The van der Waals surface area contributed by atoms with Gasteiger partial charge in [-0.25, -0.2) is 0 Å². The van der Waals surface area contributed by atoms with Gasteiger partial charge in [-0.3, -0.25) is 9.78 Å². The van der Waals surface area contributed by atoms with Gasteiger partial charge in [-0.05, 0) is 52.9 Å². The van der Waals surface area contributed by atoms with Crippen LogP contribution in [0.2, 0.25) is 0 Å². The predicted octanol–water partition coefficient (Wildman–Crippen LogP) is 3.78. The lowest BCUT2D eigenvalue weighted by Crippen LogP contribution is -2.32. The summed E-state index contributed by atoms with van der Waals surface area (Å²) >= 11 is 4.83. The molecule has 1 aliphatic heterocycles. The van der Waals surface area contributed by atoms with Gasteiger partial charge in [0.05, 0.1) is 4.88 Å². The Morgan fingerprint density at radius 2 is 2.15 bits per heavy atom. The number of carbonyl (C=O) groups excluding carboxylic acids is 1. The highest BCUT2D eigenvalue weighted by Crippen LogP contribution is 2.41. The van der Waals surface area contributed by atoms with E-state index in [0.29, 0.717) is 22.3 Å². The normalized spacial score (nSPS) is 24.3. The third-order valence-electron chi connectivity index (χ3n) is 5.49. The van der Waals surface area contributed by atoms with Crippen LogP contribution in [-0.2, 0) is 0 Å². The molecular formula is C19H17BrN4O2S. The van der Waals surface area contributed by atoms with Crippen molar-refractivity contribution < 1.29 is 9.53 Å². The Bertz CT molecular complexity index is 960. The quantitative estimate of drug-likeness (QED) is 0.614. The van der Waals surface area contributed by atoms with Crippen LogP contribution in [0.4, 0.5) is 0 Å². The van der Waals surface area contributed by atoms with E-state index in [9.17, 15) is 4.79 Å². The van der Waals surface area contributed by atoms with E-state index in [0.717, 1.165) is 40.9 Å². The van der Waals surface area contributed by atoms with E-state index < -0.39 is 0 Å². The Hall–Kier alpha value is -2.06. The Balaban J connectivity index is 1.30. The standard InChI is InChI=1S/C19H17BrN4O2S/c20-17-3-4-18(23-22-17)26-14-2-1-11-9-24(10-13(11)14)19(25)16-7-12-8-21-6-5-15(12)27-16/h3-8,11,13-14H,1-2,9-10H2/t11-,13+,14+/m0/s1. The van der Waals surface area contributed by atoms with Crippen LogP contribution in [0, 0.1) is 11.8 Å². The largest absolute Gasteiger partial charge is 0.473 e. The topological polar surface area (TPSA) is 68.2 Å². The van der Waals surface area contributed by atoms with Crippen LogP contribution in [0.1, 0.15) is 22.5 Å². The average molecular weight is 445 g/mol. The third-order valence-corrected chi connectivity index (χ3v) is 7.01. The minimum atomic E-state index is 0.0925. The van der Waals surface area contributed by atoms with Crippen molar-refractivity contribution in [3.63, 3.8) is 0 Å². The number of nitrogens with zero attached hydrogens (tertiary/aromatic N) is 4. The Morgan fingerprint density at radius 1 is 1.22 bits per heavy atom. The van der Waals surface area contributed by atoms with Gasteiger partial charge in [-0.1, -0.05) is 0 Å². The molecule has 4 heterocycles. The second kappa shape index (κ2) is 6.83. The van der Waals surface area contributed by atoms with Crippen LogP contribution in [-0.4, -0.2) is 45.2 Å². The number of hydrogen-bond donors (Lipinski definition) is 0. The van der Waals surface area contributed by atoms with Crippen LogP contribution >= 0.6 is 27.3 Å². The molecule has 3 aromatic heterocycles. The summed E-state index contributed by atoms with van der Waals surface area (Å²) in [6.07, 6.45) is 5.75. The number of hydrogen-bond acceptors (Lipinski definition) is 6. The number of ether oxygens (including phenoxy) is 1. The molecule has 0 N–H and O–H groups in total. The number of thiophene rings is 1. The van der Waals surface area contributed by atoms with Gasteiger partial charge in [-0.15, -0.1) is 21.5 Å². The van der Waals surface area contributed by atoms with Crippen molar-refractivity contribution in [1.29, 1.82) is 0 Å². The molecule has 2 aliphatic rings. The highest BCUT2D eigenvalue weighted by atomic mass is 79.9. The molecule has 0 unspecified atom stereocenters. The molecule has 0 aromatic carbocycles. The van der Waals surface area contributed by atoms with E-state index in [4.69, 9.17) is 4.74 Å². The van der Waals surface area contributed by atoms with Gasteiger partial charge in [0, 0.05) is 47.6 Å². The second-order valence-electron chi connectivity index (χ2n) is 7.09. The van der Waals surface area contributed by atoms with Gasteiger partial charge in [-0.2, -0.15) is 0 Å². The summed E-state index contributed by atoms with van der Waals surface area (Å²) in [4.78, 5) is 19.9. The second-order valence-corrected chi connectivity index (χ2v) is 8.98. The number of likely N-dealkylation sites (tertiary alicyclic amines) is 1. The molecule has 27 heavy (non-hydrogen) atoms. The van der Waals surface area contributed by atoms with Crippen molar-refractivity contribution in [3.05, 3.63) is 46.1 Å². The van der Waals surface area contributed by atoms with E-state index in [2.05, 4.69) is 31.1 Å². The maximum atomic E-state index is 13.0. The van der Waals surface area contributed by atoms with E-state index in [1.165, 1.54) is 11.3 Å². The Kier molecular flexibility index (Phi) is 4.32. The van der Waals surface area contributed by atoms with Crippen molar-refractivity contribution >= 4 is 43.3 Å². The molecule has 3 atom stereocenters. The summed E-state index contributed by atoms with van der Waals surface area (Å²) in [6, 6.07) is 7.57. The number of pyridine rings is 1. The van der Waals surface area contributed by atoms with Crippen molar-refractivity contribution in [2.24, 2.45) is 11.8 Å². The van der Waals surface area contributed by atoms with E-state index in [-0.39, 0.29) is 12.0 Å². The molecule has 0 spiro atoms. The van der Waals surface area contributed by atoms with E-state index in [1.807, 2.05) is 35.4 Å². The summed E-state index contributed by atoms with van der Waals surface area (Å²) < 4.78 is 7.88. The number of aromatic nitrogens is 3. The van der Waals surface area contributed by atoms with Gasteiger partial charge in [0.25, 0.3) is 5.91 Å². The molecule has 2 fully saturated rings. The van der Waals surface area contributed by atoms with Crippen LogP contribution in [0.5, 0.6) is 5.88 Å². The monoisotopic (exact) mass is 444 g/mol. The number of carbonyl (C=O) groups is 1. The Morgan fingerprint density at radius 3 is 2.96 bits per heavy atom. The highest BCUT2D eigenvalue weighted by Gasteiger charge is 2.45. The van der Waals surface area contributed by atoms with Gasteiger partial charge < -0.3 is 9.64 Å². The maximum absolute atomic E-state index is 13.0. The first-order valence-corrected chi connectivity index (χ1v) is 10.6. The first kappa shape index (κ1) is 17.1. The zero-order valence-corrected chi connectivity index (χ0v) is 16.8. The zero-order valence-electron chi connectivity index (χ0n) is 14.4. The highest BCUT2D eigenvalue weighted by molar-refractivity contribution is 9.10. The van der Waals surface area contributed by atoms with E-state index in [1.54, 1.807) is 6.20 Å². The fourth-order valence-electron chi connectivity index (χ4n) is 4.19. The molecule has 8 heteroatoms. The van der Waals surface area contributed by atoms with Crippen molar-refractivity contribution in [3.8, 4) is 5.88 Å². The van der Waals surface area contributed by atoms with Crippen LogP contribution < -0.4 is 4.74 Å². The molecule has 3 aromatic rings. The fraction of sp³-hybridized carbons (Fsp3) is 0.368. The molecule has 1 saturated heterocycles. The number of amides is 1. The molecular weight excluding hydrogens is 428 g/mol. The van der Waals surface area contributed by atoms with Gasteiger partial charge in [0.2, 0.25) is 5.88 Å². The summed E-state index contributed by atoms with van der Waals surface area (Å²) in [7, 11) is 0. The lowest BCUT2D eigenvalue weighted by Gasteiger charge is -2.21. The molecule has 0 bridgehead atoms. The molecule has 0 radical (unpaired) electrons. The fourth-order valence-corrected chi connectivity index (χ4v) is 5.40. The average Bonchev–Trinajstić information content (AvgIpc) is 3.38. The summed E-state index contributed by atoms with van der Waals surface area (Å²) in [5.41, 5.74) is 0. The smallest absolute Gasteiger partial charge is 0.263 e. The molecule has 1 amide bonds. The maximum Gasteiger partial charge on any atom is 0.263 e. The zero-order chi connectivity index (χ0) is 18.4. The molecule has 1 saturated carbocycles. The third kappa shape index (κ3) is 3.21. The van der Waals surface area contributed by atoms with E-state index >= 15 is 0 Å². The minimum absolute atomic E-state index is 0.0925. The summed E-state index contributed by atoms with van der Waals surface area (Å²) in [5, 5.41) is 9.09. The first-order chi connectivity index (χ1) is 13.2. The van der Waals surface area contributed by atoms with Gasteiger partial charge in [0.15, 0.2) is 0 Å². The lowest BCUT2D eigenvalue weighted by atomic mass is 9.99. The lowest BCUT2D eigenvalue weighted by molar-refractivity contribution is 0.0765. The number of rotatable bonds is 3. The first-order valence-electron chi connectivity index (χ1n) is 8.96. The molecule has 138 valence electrons. The molecule has 5 rings (SSSR count). The number of halogens is 1.